The minimum Gasteiger partial charge on any atom is -0.392 e. The van der Waals surface area contributed by atoms with Crippen LogP contribution >= 0.6 is 11.3 Å². The van der Waals surface area contributed by atoms with Crippen molar-refractivity contribution >= 4 is 11.3 Å². The molecular formula is C9H8N4O2S. The van der Waals surface area contributed by atoms with Gasteiger partial charge in [0.15, 0.2) is 0 Å². The highest BCUT2D eigenvalue weighted by Crippen LogP contribution is 2.15. The van der Waals surface area contributed by atoms with Crippen LogP contribution in [0.5, 0.6) is 0 Å². The molecule has 0 saturated heterocycles. The maximum atomic E-state index is 9.38. The van der Waals surface area contributed by atoms with Gasteiger partial charge in [-0.3, -0.25) is 0 Å². The molecule has 7 heteroatoms. The van der Waals surface area contributed by atoms with Gasteiger partial charge >= 0.3 is 0 Å². The minimum atomic E-state index is -0.770. The van der Waals surface area contributed by atoms with Crippen molar-refractivity contribution in [2.45, 2.75) is 18.9 Å². The Balaban J connectivity index is 2.06. The first-order valence-electron chi connectivity index (χ1n) is 4.55. The van der Waals surface area contributed by atoms with E-state index in [0.717, 1.165) is 0 Å². The van der Waals surface area contributed by atoms with Crippen LogP contribution in [0.3, 0.4) is 0 Å². The van der Waals surface area contributed by atoms with Gasteiger partial charge in [-0.25, -0.2) is 4.98 Å². The van der Waals surface area contributed by atoms with Gasteiger partial charge in [-0.1, -0.05) is 5.16 Å². The molecule has 1 atom stereocenters. The number of hydrogen-bond acceptors (Lipinski definition) is 7. The summed E-state index contributed by atoms with van der Waals surface area (Å²) in [6.45, 7) is 0. The summed E-state index contributed by atoms with van der Waals surface area (Å²) in [6, 6.07) is 1.87. The molecule has 0 amide bonds. The molecule has 2 heterocycles. The number of rotatable bonds is 4. The van der Waals surface area contributed by atoms with Crippen LogP contribution in [0.1, 0.15) is 12.3 Å². The Bertz CT molecular complexity index is 488. The summed E-state index contributed by atoms with van der Waals surface area (Å²) in [5, 5.41) is 23.3. The van der Waals surface area contributed by atoms with Crippen LogP contribution < -0.4 is 0 Å². The molecule has 16 heavy (non-hydrogen) atoms. The largest absolute Gasteiger partial charge is 0.392 e. The van der Waals surface area contributed by atoms with Gasteiger partial charge in [-0.15, -0.1) is 11.3 Å². The van der Waals surface area contributed by atoms with Gasteiger partial charge in [0.2, 0.25) is 11.7 Å². The van der Waals surface area contributed by atoms with Gasteiger partial charge in [0.1, 0.15) is 5.69 Å². The molecule has 0 aromatic carbocycles. The highest BCUT2D eigenvalue weighted by atomic mass is 32.1. The lowest BCUT2D eigenvalue weighted by Crippen LogP contribution is -2.09. The van der Waals surface area contributed by atoms with Gasteiger partial charge in [0.25, 0.3) is 0 Å². The number of aliphatic hydroxyl groups excluding tert-OH is 1. The molecule has 82 valence electrons. The van der Waals surface area contributed by atoms with E-state index < -0.39 is 6.10 Å². The molecule has 1 unspecified atom stereocenters. The average Bonchev–Trinajstić information content (AvgIpc) is 2.86. The molecule has 2 rings (SSSR count). The van der Waals surface area contributed by atoms with Crippen molar-refractivity contribution in [1.82, 2.24) is 15.1 Å². The fourth-order valence-corrected chi connectivity index (χ4v) is 1.67. The standard InChI is InChI=1S/C9H8N4O2S/c10-2-1-6(14)3-8-12-9(13-15-8)7-4-16-5-11-7/h4-6,14H,1,3H2. The molecule has 0 saturated carbocycles. The lowest BCUT2D eigenvalue weighted by atomic mass is 10.2. The van der Waals surface area contributed by atoms with Crippen molar-refractivity contribution in [2.75, 3.05) is 0 Å². The van der Waals surface area contributed by atoms with Crippen molar-refractivity contribution in [3.63, 3.8) is 0 Å². The van der Waals surface area contributed by atoms with E-state index in [1.165, 1.54) is 11.3 Å². The quantitative estimate of drug-likeness (QED) is 0.851. The zero-order valence-corrected chi connectivity index (χ0v) is 9.02. The van der Waals surface area contributed by atoms with Crippen LogP contribution in [-0.2, 0) is 6.42 Å². The first-order chi connectivity index (χ1) is 7.79. The third kappa shape index (κ3) is 2.42. The third-order valence-electron chi connectivity index (χ3n) is 1.87. The van der Waals surface area contributed by atoms with E-state index >= 15 is 0 Å². The first kappa shape index (κ1) is 10.7. The Hall–Kier alpha value is -1.78. The molecule has 0 aliphatic heterocycles. The molecule has 0 fully saturated rings. The van der Waals surface area contributed by atoms with Gasteiger partial charge in [-0.05, 0) is 0 Å². The maximum absolute atomic E-state index is 9.38. The highest BCUT2D eigenvalue weighted by Gasteiger charge is 2.13. The van der Waals surface area contributed by atoms with Crippen molar-refractivity contribution in [2.24, 2.45) is 0 Å². The van der Waals surface area contributed by atoms with Crippen LogP contribution in [0.25, 0.3) is 11.5 Å². The van der Waals surface area contributed by atoms with E-state index in [0.29, 0.717) is 17.4 Å². The molecule has 0 radical (unpaired) electrons. The lowest BCUT2D eigenvalue weighted by Gasteiger charge is -1.99. The van der Waals surface area contributed by atoms with E-state index in [-0.39, 0.29) is 12.8 Å². The van der Waals surface area contributed by atoms with Crippen molar-refractivity contribution in [1.29, 1.82) is 5.26 Å². The summed E-state index contributed by atoms with van der Waals surface area (Å²) < 4.78 is 4.94. The van der Waals surface area contributed by atoms with E-state index in [1.807, 2.05) is 6.07 Å². The lowest BCUT2D eigenvalue weighted by molar-refractivity contribution is 0.167. The topological polar surface area (TPSA) is 95.8 Å². The summed E-state index contributed by atoms with van der Waals surface area (Å²) in [5.41, 5.74) is 2.32. The molecule has 0 spiro atoms. The zero-order chi connectivity index (χ0) is 11.4. The van der Waals surface area contributed by atoms with E-state index in [9.17, 15) is 5.11 Å². The highest BCUT2D eigenvalue weighted by molar-refractivity contribution is 7.07. The summed E-state index contributed by atoms with van der Waals surface area (Å²) in [5.74, 6) is 0.714. The van der Waals surface area contributed by atoms with Gasteiger partial charge in [0, 0.05) is 5.38 Å². The predicted octanol–water partition coefficient (Wildman–Crippen LogP) is 1.01. The summed E-state index contributed by atoms with van der Waals surface area (Å²) >= 11 is 1.44. The second-order valence-corrected chi connectivity index (χ2v) is 3.82. The number of aliphatic hydroxyl groups is 1. The van der Waals surface area contributed by atoms with E-state index in [2.05, 4.69) is 15.1 Å². The Morgan fingerprint density at radius 1 is 1.62 bits per heavy atom. The number of nitriles is 1. The third-order valence-corrected chi connectivity index (χ3v) is 2.45. The molecule has 0 aliphatic carbocycles. The fourth-order valence-electron chi connectivity index (χ4n) is 1.14. The monoisotopic (exact) mass is 236 g/mol. The smallest absolute Gasteiger partial charge is 0.229 e. The molecule has 6 nitrogen and oxygen atoms in total. The van der Waals surface area contributed by atoms with E-state index in [1.54, 1.807) is 10.9 Å². The number of hydrogen-bond donors (Lipinski definition) is 1. The molecule has 0 aliphatic rings. The summed E-state index contributed by atoms with van der Waals surface area (Å²) in [6.07, 6.45) is -0.534. The van der Waals surface area contributed by atoms with Crippen LogP contribution in [0, 0.1) is 11.3 Å². The second kappa shape index (κ2) is 4.83. The second-order valence-electron chi connectivity index (χ2n) is 3.11. The molecule has 2 aromatic rings. The Kier molecular flexibility index (Phi) is 3.24. The number of thiazole rings is 1. The van der Waals surface area contributed by atoms with Crippen molar-refractivity contribution in [3.05, 3.63) is 16.8 Å². The van der Waals surface area contributed by atoms with Crippen molar-refractivity contribution in [3.8, 4) is 17.6 Å². The SMILES string of the molecule is N#CCC(O)Cc1nc(-c2cscn2)no1. The Morgan fingerprint density at radius 3 is 3.19 bits per heavy atom. The zero-order valence-electron chi connectivity index (χ0n) is 8.20. The van der Waals surface area contributed by atoms with E-state index in [4.69, 9.17) is 9.78 Å². The Morgan fingerprint density at radius 2 is 2.50 bits per heavy atom. The minimum absolute atomic E-state index is 0.0500. The van der Waals surface area contributed by atoms with Crippen LogP contribution in [0.15, 0.2) is 15.4 Å². The summed E-state index contributed by atoms with van der Waals surface area (Å²) in [7, 11) is 0. The van der Waals surface area contributed by atoms with Gasteiger partial charge in [0.05, 0.1) is 30.5 Å². The predicted molar refractivity (Wildman–Crippen MR) is 55.3 cm³/mol. The Labute approximate surface area is 95.2 Å². The van der Waals surface area contributed by atoms with Crippen LogP contribution in [0.4, 0.5) is 0 Å². The normalized spacial score (nSPS) is 12.2. The summed E-state index contributed by atoms with van der Waals surface area (Å²) in [4.78, 5) is 8.11. The average molecular weight is 236 g/mol. The number of nitrogens with zero attached hydrogens (tertiary/aromatic N) is 4. The molecule has 0 bridgehead atoms. The van der Waals surface area contributed by atoms with Crippen molar-refractivity contribution < 1.29 is 9.63 Å². The van der Waals surface area contributed by atoms with Crippen LogP contribution in [-0.4, -0.2) is 26.3 Å². The molecule has 2 aromatic heterocycles. The van der Waals surface area contributed by atoms with Gasteiger partial charge < -0.3 is 9.63 Å². The number of aromatic nitrogens is 3. The van der Waals surface area contributed by atoms with Gasteiger partial charge in [-0.2, -0.15) is 10.2 Å². The first-order valence-corrected chi connectivity index (χ1v) is 5.50. The molecular weight excluding hydrogens is 228 g/mol. The van der Waals surface area contributed by atoms with Crippen LogP contribution in [0.2, 0.25) is 0 Å². The molecule has 1 N–H and O–H groups in total. The maximum Gasteiger partial charge on any atom is 0.229 e. The fraction of sp³-hybridized carbons (Fsp3) is 0.333.